The monoisotopic (exact) mass is 387 g/mol. The third-order valence-corrected chi connectivity index (χ3v) is 3.73. The molecule has 0 radical (unpaired) electrons. The molecule has 0 unspecified atom stereocenters. The van der Waals surface area contributed by atoms with Gasteiger partial charge in [-0.2, -0.15) is 0 Å². The smallest absolute Gasteiger partial charge is 0.408 e. The van der Waals surface area contributed by atoms with Gasteiger partial charge >= 0.3 is 18.0 Å². The van der Waals surface area contributed by atoms with E-state index in [9.17, 15) is 19.5 Å². The van der Waals surface area contributed by atoms with Crippen molar-refractivity contribution in [1.82, 2.24) is 5.32 Å². The van der Waals surface area contributed by atoms with Crippen molar-refractivity contribution in [2.75, 3.05) is 7.11 Å². The van der Waals surface area contributed by atoms with E-state index >= 15 is 0 Å². The van der Waals surface area contributed by atoms with Gasteiger partial charge in [-0.25, -0.2) is 9.59 Å². The van der Waals surface area contributed by atoms with Crippen LogP contribution in [0.2, 0.25) is 0 Å². The Bertz CT molecular complexity index is 790. The van der Waals surface area contributed by atoms with Crippen LogP contribution in [-0.2, 0) is 32.3 Å². The van der Waals surface area contributed by atoms with Crippen LogP contribution in [0.1, 0.15) is 17.5 Å². The molecule has 0 saturated carbocycles. The molecule has 0 aromatic heterocycles. The fourth-order valence-electron chi connectivity index (χ4n) is 2.22. The molecule has 0 aliphatic rings. The van der Waals surface area contributed by atoms with E-state index in [0.717, 1.165) is 5.56 Å². The number of amides is 1. The fraction of sp³-hybridized carbons (Fsp3) is 0.250. The lowest BCUT2D eigenvalue weighted by Crippen LogP contribution is -2.42. The standard InChI is InChI=1S/C20H21NO7/c1-26-16-9-7-15(8-10-16)13-28-20(25)21-17(19(23)24)11-18(22)27-12-14-5-3-2-4-6-14/h2-10,17H,11-13H2,1H3,(H,21,25)(H,23,24)/t17-/m0/s1. The number of hydrogen-bond acceptors (Lipinski definition) is 6. The predicted octanol–water partition coefficient (Wildman–Crippen LogP) is 2.51. The number of ether oxygens (including phenoxy) is 3. The first-order valence-electron chi connectivity index (χ1n) is 8.46. The Kier molecular flexibility index (Phi) is 7.83. The average Bonchev–Trinajstić information content (AvgIpc) is 2.71. The van der Waals surface area contributed by atoms with Gasteiger partial charge in [0.05, 0.1) is 13.5 Å². The number of benzene rings is 2. The highest BCUT2D eigenvalue weighted by atomic mass is 16.6. The number of alkyl carbamates (subject to hydrolysis) is 1. The zero-order valence-electron chi connectivity index (χ0n) is 15.3. The van der Waals surface area contributed by atoms with Crippen LogP contribution in [0.5, 0.6) is 5.75 Å². The summed E-state index contributed by atoms with van der Waals surface area (Å²) < 4.78 is 15.1. The zero-order chi connectivity index (χ0) is 20.4. The number of methoxy groups -OCH3 is 1. The van der Waals surface area contributed by atoms with E-state index < -0.39 is 30.5 Å². The number of carbonyl (C=O) groups excluding carboxylic acids is 2. The van der Waals surface area contributed by atoms with Crippen molar-refractivity contribution in [2.45, 2.75) is 25.7 Å². The molecule has 1 atom stereocenters. The highest BCUT2D eigenvalue weighted by Crippen LogP contribution is 2.12. The molecule has 0 saturated heterocycles. The Morgan fingerprint density at radius 1 is 0.929 bits per heavy atom. The van der Waals surface area contributed by atoms with Gasteiger partial charge in [0.2, 0.25) is 0 Å². The van der Waals surface area contributed by atoms with Crippen molar-refractivity contribution < 1.29 is 33.7 Å². The summed E-state index contributed by atoms with van der Waals surface area (Å²) in [4.78, 5) is 35.0. The quantitative estimate of drug-likeness (QED) is 0.636. The fourth-order valence-corrected chi connectivity index (χ4v) is 2.22. The maximum atomic E-state index is 11.9. The van der Waals surface area contributed by atoms with Crippen molar-refractivity contribution in [3.8, 4) is 5.75 Å². The number of rotatable bonds is 9. The minimum absolute atomic E-state index is 0.0218. The molecule has 0 bridgehead atoms. The third-order valence-electron chi connectivity index (χ3n) is 3.73. The second-order valence-corrected chi connectivity index (χ2v) is 5.81. The molecular weight excluding hydrogens is 366 g/mol. The molecular formula is C20H21NO7. The second kappa shape index (κ2) is 10.6. The number of esters is 1. The molecule has 0 aliphatic heterocycles. The highest BCUT2D eigenvalue weighted by molar-refractivity contribution is 5.85. The molecule has 2 aromatic rings. The van der Waals surface area contributed by atoms with Gasteiger partial charge in [-0.15, -0.1) is 0 Å². The normalized spacial score (nSPS) is 11.2. The lowest BCUT2D eigenvalue weighted by Gasteiger charge is -2.14. The Balaban J connectivity index is 1.79. The highest BCUT2D eigenvalue weighted by Gasteiger charge is 2.24. The molecule has 8 nitrogen and oxygen atoms in total. The van der Waals surface area contributed by atoms with Crippen LogP contribution >= 0.6 is 0 Å². The van der Waals surface area contributed by atoms with Gasteiger partial charge in [-0.3, -0.25) is 4.79 Å². The van der Waals surface area contributed by atoms with E-state index in [-0.39, 0.29) is 13.2 Å². The molecule has 148 valence electrons. The molecule has 8 heteroatoms. The van der Waals surface area contributed by atoms with Crippen LogP contribution in [0, 0.1) is 0 Å². The van der Waals surface area contributed by atoms with Gasteiger partial charge in [-0.1, -0.05) is 42.5 Å². The van der Waals surface area contributed by atoms with Crippen molar-refractivity contribution in [3.63, 3.8) is 0 Å². The SMILES string of the molecule is COc1ccc(COC(=O)N[C@@H](CC(=O)OCc2ccccc2)C(=O)O)cc1. The molecule has 2 N–H and O–H groups in total. The maximum absolute atomic E-state index is 11.9. The number of carbonyl (C=O) groups is 3. The number of hydrogen-bond donors (Lipinski definition) is 2. The first-order valence-corrected chi connectivity index (χ1v) is 8.46. The third kappa shape index (κ3) is 6.99. The summed E-state index contributed by atoms with van der Waals surface area (Å²) >= 11 is 0. The minimum atomic E-state index is -1.45. The van der Waals surface area contributed by atoms with Crippen LogP contribution in [0.15, 0.2) is 54.6 Å². The molecule has 28 heavy (non-hydrogen) atoms. The van der Waals surface area contributed by atoms with Gasteiger partial charge in [-0.05, 0) is 23.3 Å². The topological polar surface area (TPSA) is 111 Å². The van der Waals surface area contributed by atoms with Gasteiger partial charge < -0.3 is 24.6 Å². The summed E-state index contributed by atoms with van der Waals surface area (Å²) in [6.45, 7) is -0.0332. The van der Waals surface area contributed by atoms with Crippen LogP contribution in [0.3, 0.4) is 0 Å². The van der Waals surface area contributed by atoms with Gasteiger partial charge in [0.15, 0.2) is 0 Å². The van der Waals surface area contributed by atoms with E-state index in [0.29, 0.717) is 11.3 Å². The Labute approximate surface area is 162 Å². The van der Waals surface area contributed by atoms with Crippen LogP contribution in [-0.4, -0.2) is 36.3 Å². The van der Waals surface area contributed by atoms with Crippen molar-refractivity contribution in [2.24, 2.45) is 0 Å². The molecule has 1 amide bonds. The second-order valence-electron chi connectivity index (χ2n) is 5.81. The molecule has 2 aromatic carbocycles. The first kappa shape index (κ1) is 20.8. The maximum Gasteiger partial charge on any atom is 0.408 e. The number of aliphatic carboxylic acids is 1. The summed E-state index contributed by atoms with van der Waals surface area (Å²) in [5.41, 5.74) is 1.47. The Hall–Kier alpha value is -3.55. The molecule has 0 spiro atoms. The first-order chi connectivity index (χ1) is 13.5. The van der Waals surface area contributed by atoms with E-state index in [1.807, 2.05) is 6.07 Å². The van der Waals surface area contributed by atoms with E-state index in [4.69, 9.17) is 14.2 Å². The molecule has 0 heterocycles. The molecule has 2 rings (SSSR count). The van der Waals surface area contributed by atoms with Crippen molar-refractivity contribution in [3.05, 3.63) is 65.7 Å². The summed E-state index contributed by atoms with van der Waals surface area (Å²) in [5, 5.41) is 11.4. The lowest BCUT2D eigenvalue weighted by molar-refractivity contribution is -0.150. The summed E-state index contributed by atoms with van der Waals surface area (Å²) in [5.74, 6) is -1.45. The van der Waals surface area contributed by atoms with Crippen molar-refractivity contribution in [1.29, 1.82) is 0 Å². The van der Waals surface area contributed by atoms with Crippen molar-refractivity contribution >= 4 is 18.0 Å². The number of carboxylic acids is 1. The average molecular weight is 387 g/mol. The predicted molar refractivity (Wildman–Crippen MR) is 98.6 cm³/mol. The van der Waals surface area contributed by atoms with Crippen LogP contribution in [0.25, 0.3) is 0 Å². The summed E-state index contributed by atoms with van der Waals surface area (Å²) in [6.07, 6.45) is -1.46. The van der Waals surface area contributed by atoms with E-state index in [2.05, 4.69) is 5.32 Å². The summed E-state index contributed by atoms with van der Waals surface area (Å²) in [7, 11) is 1.54. The molecule has 0 aliphatic carbocycles. The van der Waals surface area contributed by atoms with E-state index in [1.54, 1.807) is 48.5 Å². The minimum Gasteiger partial charge on any atom is -0.497 e. The number of nitrogens with one attached hydrogen (secondary N) is 1. The Morgan fingerprint density at radius 2 is 1.54 bits per heavy atom. The Morgan fingerprint density at radius 3 is 2.14 bits per heavy atom. The lowest BCUT2D eigenvalue weighted by atomic mass is 10.2. The summed E-state index contributed by atoms with van der Waals surface area (Å²) in [6, 6.07) is 14.3. The van der Waals surface area contributed by atoms with Crippen LogP contribution < -0.4 is 10.1 Å². The van der Waals surface area contributed by atoms with Gasteiger partial charge in [0, 0.05) is 0 Å². The van der Waals surface area contributed by atoms with Gasteiger partial charge in [0.25, 0.3) is 0 Å². The van der Waals surface area contributed by atoms with Gasteiger partial charge in [0.1, 0.15) is 25.0 Å². The number of carboxylic acid groups (broad SMARTS) is 1. The zero-order valence-corrected chi connectivity index (χ0v) is 15.3. The van der Waals surface area contributed by atoms with E-state index in [1.165, 1.54) is 7.11 Å². The van der Waals surface area contributed by atoms with Crippen LogP contribution in [0.4, 0.5) is 4.79 Å². The largest absolute Gasteiger partial charge is 0.497 e. The molecule has 0 fully saturated rings.